The Morgan fingerprint density at radius 3 is 1.65 bits per heavy atom. The molecule has 0 aliphatic rings. The van der Waals surface area contributed by atoms with E-state index < -0.39 is 0 Å². The Kier molecular flexibility index (Phi) is 7.33. The van der Waals surface area contributed by atoms with Crippen molar-refractivity contribution in [2.45, 2.75) is 0 Å². The minimum atomic E-state index is 0.872. The summed E-state index contributed by atoms with van der Waals surface area (Å²) in [6.45, 7) is 0. The highest BCUT2D eigenvalue weighted by Gasteiger charge is 2.23. The van der Waals surface area contributed by atoms with Gasteiger partial charge in [-0.3, -0.25) is 0 Å². The van der Waals surface area contributed by atoms with Gasteiger partial charge < -0.3 is 14.2 Å². The summed E-state index contributed by atoms with van der Waals surface area (Å²) in [5, 5.41) is 4.71. The lowest BCUT2D eigenvalue weighted by Crippen LogP contribution is -2.10. The molecule has 0 N–H and O–H groups in total. The Hall–Kier alpha value is -6.62. The second kappa shape index (κ2) is 12.6. The monoisotopic (exact) mass is 684 g/mol. The molecule has 0 fully saturated rings. The summed E-state index contributed by atoms with van der Waals surface area (Å²) in [4.78, 5) is 4.75. The van der Waals surface area contributed by atoms with Crippen molar-refractivity contribution >= 4 is 87.6 Å². The number of rotatable bonds is 7. The van der Waals surface area contributed by atoms with Crippen molar-refractivity contribution in [1.82, 2.24) is 0 Å². The fourth-order valence-electron chi connectivity index (χ4n) is 7.47. The molecule has 2 aromatic heterocycles. The maximum Gasteiger partial charge on any atom is 0.137 e. The summed E-state index contributed by atoms with van der Waals surface area (Å²) in [5.74, 6) is 0. The Labute approximate surface area is 305 Å². The van der Waals surface area contributed by atoms with Gasteiger partial charge in [0.2, 0.25) is 0 Å². The smallest absolute Gasteiger partial charge is 0.137 e. The van der Waals surface area contributed by atoms with Crippen molar-refractivity contribution in [2.24, 2.45) is 0 Å². The van der Waals surface area contributed by atoms with E-state index in [1.165, 1.54) is 31.3 Å². The van der Waals surface area contributed by atoms with E-state index in [4.69, 9.17) is 4.42 Å². The average Bonchev–Trinajstić information content (AvgIpc) is 3.79. The standard InChI is InChI=1S/C48H32N2OS/c1-4-14-33(15-5-1)34-26-28-37(29-27-34)50(38-30-31-40-39-20-10-11-24-44(39)51-45(40)32-38)43-23-12-21-41-47-42(22-13-25-46(47)52-48(41)43)49(35-16-6-2-7-17-35)36-18-8-3-9-19-36/h1-32H. The van der Waals surface area contributed by atoms with Gasteiger partial charge in [0.05, 0.1) is 16.1 Å². The molecule has 0 saturated heterocycles. The maximum atomic E-state index is 6.42. The van der Waals surface area contributed by atoms with Crippen LogP contribution in [0.15, 0.2) is 199 Å². The van der Waals surface area contributed by atoms with E-state index in [0.717, 1.165) is 56.1 Å². The molecule has 0 saturated carbocycles. The molecule has 0 unspecified atom stereocenters. The number of benzene rings is 8. The molecule has 0 amide bonds. The van der Waals surface area contributed by atoms with Crippen LogP contribution in [0.4, 0.5) is 34.1 Å². The number of nitrogens with zero attached hydrogens (tertiary/aromatic N) is 2. The van der Waals surface area contributed by atoms with E-state index in [1.807, 2.05) is 23.5 Å². The third-order valence-electron chi connectivity index (χ3n) is 9.84. The SMILES string of the molecule is c1ccc(-c2ccc(N(c3ccc4c(c3)oc3ccccc34)c3cccc4c3sc3cccc(N(c5ccccc5)c5ccccc5)c34)cc2)cc1. The van der Waals surface area contributed by atoms with Gasteiger partial charge in [0.1, 0.15) is 11.2 Å². The first-order valence-corrected chi connectivity index (χ1v) is 18.3. The maximum absolute atomic E-state index is 6.42. The van der Waals surface area contributed by atoms with Crippen molar-refractivity contribution in [2.75, 3.05) is 9.80 Å². The first kappa shape index (κ1) is 30.2. The fraction of sp³-hybridized carbons (Fsp3) is 0. The second-order valence-corrected chi connectivity index (χ2v) is 14.0. The van der Waals surface area contributed by atoms with E-state index >= 15 is 0 Å². The molecule has 246 valence electrons. The van der Waals surface area contributed by atoms with Crippen molar-refractivity contribution in [1.29, 1.82) is 0 Å². The lowest BCUT2D eigenvalue weighted by molar-refractivity contribution is 0.669. The molecular weight excluding hydrogens is 653 g/mol. The van der Waals surface area contributed by atoms with Crippen molar-refractivity contribution in [3.8, 4) is 11.1 Å². The van der Waals surface area contributed by atoms with E-state index in [2.05, 4.69) is 192 Å². The van der Waals surface area contributed by atoms with Crippen LogP contribution in [0.5, 0.6) is 0 Å². The van der Waals surface area contributed by atoms with Crippen LogP contribution in [0.3, 0.4) is 0 Å². The van der Waals surface area contributed by atoms with Gasteiger partial charge in [-0.15, -0.1) is 11.3 Å². The zero-order chi connectivity index (χ0) is 34.4. The predicted molar refractivity (Wildman–Crippen MR) is 221 cm³/mol. The van der Waals surface area contributed by atoms with Gasteiger partial charge in [-0.05, 0) is 83.9 Å². The molecule has 0 spiro atoms. The molecule has 2 heterocycles. The van der Waals surface area contributed by atoms with E-state index in [0.29, 0.717) is 0 Å². The number of fused-ring (bicyclic) bond motifs is 6. The van der Waals surface area contributed by atoms with Gasteiger partial charge in [0.25, 0.3) is 0 Å². The molecule has 10 rings (SSSR count). The van der Waals surface area contributed by atoms with E-state index in [9.17, 15) is 0 Å². The van der Waals surface area contributed by atoms with Gasteiger partial charge in [-0.1, -0.05) is 115 Å². The molecule has 8 aromatic carbocycles. The molecule has 0 aliphatic carbocycles. The van der Waals surface area contributed by atoms with Crippen LogP contribution in [-0.4, -0.2) is 0 Å². The Morgan fingerprint density at radius 1 is 0.365 bits per heavy atom. The van der Waals surface area contributed by atoms with Gasteiger partial charge in [0.15, 0.2) is 0 Å². The molecule has 10 aromatic rings. The lowest BCUT2D eigenvalue weighted by atomic mass is 10.0. The van der Waals surface area contributed by atoms with E-state index in [1.54, 1.807) is 0 Å². The van der Waals surface area contributed by atoms with Crippen LogP contribution in [0.1, 0.15) is 0 Å². The summed E-state index contributed by atoms with van der Waals surface area (Å²) < 4.78 is 8.89. The van der Waals surface area contributed by atoms with Gasteiger partial charge in [0, 0.05) is 55.1 Å². The third-order valence-corrected chi connectivity index (χ3v) is 11.0. The van der Waals surface area contributed by atoms with Gasteiger partial charge in [-0.25, -0.2) is 0 Å². The largest absolute Gasteiger partial charge is 0.456 e. The van der Waals surface area contributed by atoms with Crippen LogP contribution >= 0.6 is 11.3 Å². The number of hydrogen-bond donors (Lipinski definition) is 0. The highest BCUT2D eigenvalue weighted by atomic mass is 32.1. The summed E-state index contributed by atoms with van der Waals surface area (Å²) in [7, 11) is 0. The number of furan rings is 1. The average molecular weight is 685 g/mol. The Morgan fingerprint density at radius 2 is 0.904 bits per heavy atom. The molecule has 0 atom stereocenters. The zero-order valence-corrected chi connectivity index (χ0v) is 29.0. The molecule has 0 aliphatic heterocycles. The van der Waals surface area contributed by atoms with Crippen molar-refractivity contribution in [3.63, 3.8) is 0 Å². The molecule has 0 radical (unpaired) electrons. The molecule has 3 nitrogen and oxygen atoms in total. The Bertz CT molecular complexity index is 2800. The predicted octanol–water partition coefficient (Wildman–Crippen LogP) is 14.6. The molecule has 4 heteroatoms. The second-order valence-electron chi connectivity index (χ2n) is 12.9. The first-order valence-electron chi connectivity index (χ1n) is 17.5. The molecular formula is C48H32N2OS. The third kappa shape index (κ3) is 5.12. The quantitative estimate of drug-likeness (QED) is 0.167. The normalized spacial score (nSPS) is 11.5. The van der Waals surface area contributed by atoms with Gasteiger partial charge in [-0.2, -0.15) is 0 Å². The number of thiophene rings is 1. The minimum absolute atomic E-state index is 0.872. The summed E-state index contributed by atoms with van der Waals surface area (Å²) in [5.41, 5.74) is 10.8. The lowest BCUT2D eigenvalue weighted by Gasteiger charge is -2.27. The highest BCUT2D eigenvalue weighted by Crippen LogP contribution is 2.49. The first-order chi connectivity index (χ1) is 25.8. The number of hydrogen-bond acceptors (Lipinski definition) is 4. The van der Waals surface area contributed by atoms with Crippen LogP contribution in [0.2, 0.25) is 0 Å². The van der Waals surface area contributed by atoms with Crippen LogP contribution in [-0.2, 0) is 0 Å². The van der Waals surface area contributed by atoms with Crippen molar-refractivity contribution in [3.05, 3.63) is 194 Å². The minimum Gasteiger partial charge on any atom is -0.456 e. The zero-order valence-electron chi connectivity index (χ0n) is 28.2. The van der Waals surface area contributed by atoms with Gasteiger partial charge >= 0.3 is 0 Å². The van der Waals surface area contributed by atoms with Crippen LogP contribution < -0.4 is 9.80 Å². The summed E-state index contributed by atoms with van der Waals surface area (Å²) in [6, 6.07) is 69.0. The summed E-state index contributed by atoms with van der Waals surface area (Å²) >= 11 is 1.84. The highest BCUT2D eigenvalue weighted by molar-refractivity contribution is 7.26. The topological polar surface area (TPSA) is 19.6 Å². The van der Waals surface area contributed by atoms with E-state index in [-0.39, 0.29) is 0 Å². The molecule has 0 bridgehead atoms. The summed E-state index contributed by atoms with van der Waals surface area (Å²) in [6.07, 6.45) is 0. The Balaban J connectivity index is 1.19. The fourth-order valence-corrected chi connectivity index (χ4v) is 8.70. The van der Waals surface area contributed by atoms with Crippen LogP contribution in [0, 0.1) is 0 Å². The van der Waals surface area contributed by atoms with Crippen LogP contribution in [0.25, 0.3) is 53.2 Å². The molecule has 52 heavy (non-hydrogen) atoms. The number of anilines is 6. The van der Waals surface area contributed by atoms with Crippen molar-refractivity contribution < 1.29 is 4.42 Å². The number of para-hydroxylation sites is 3.